The van der Waals surface area contributed by atoms with Gasteiger partial charge in [-0.1, -0.05) is 6.07 Å². The fourth-order valence-electron chi connectivity index (χ4n) is 2.97. The summed E-state index contributed by atoms with van der Waals surface area (Å²) in [6, 6.07) is 2.09. The quantitative estimate of drug-likeness (QED) is 0.855. The molecule has 3 heteroatoms. The van der Waals surface area contributed by atoms with Crippen molar-refractivity contribution in [2.24, 2.45) is 5.41 Å². The van der Waals surface area contributed by atoms with E-state index in [2.05, 4.69) is 13.0 Å². The minimum Gasteiger partial charge on any atom is -0.395 e. The molecule has 98 valence electrons. The summed E-state index contributed by atoms with van der Waals surface area (Å²) in [4.78, 5) is 12.4. The number of aryl methyl sites for hydroxylation is 1. The molecular weight excluding hydrogens is 248 g/mol. The molecule has 0 bridgehead atoms. The van der Waals surface area contributed by atoms with Gasteiger partial charge in [-0.2, -0.15) is 0 Å². The maximum atomic E-state index is 12.4. The molecule has 1 unspecified atom stereocenters. The van der Waals surface area contributed by atoms with Crippen molar-refractivity contribution in [3.8, 4) is 0 Å². The number of Topliss-reactive ketones (excluding diaryl/α,β-unsaturated/α-hetero) is 1. The summed E-state index contributed by atoms with van der Waals surface area (Å²) in [5.74, 6) is 0.639. The summed E-state index contributed by atoms with van der Waals surface area (Å²) in [7, 11) is 0. The maximum absolute atomic E-state index is 12.4. The van der Waals surface area contributed by atoms with Crippen molar-refractivity contribution in [2.75, 3.05) is 12.5 Å². The molecule has 0 spiro atoms. The predicted octanol–water partition coefficient (Wildman–Crippen LogP) is 2.82. The predicted molar refractivity (Wildman–Crippen MR) is 73.6 cm³/mol. The first-order chi connectivity index (χ1) is 8.44. The zero-order valence-corrected chi connectivity index (χ0v) is 11.9. The molecule has 0 saturated carbocycles. The number of carbonyl (C=O) groups excluding carboxylic acids is 1. The van der Waals surface area contributed by atoms with E-state index in [0.29, 0.717) is 12.3 Å². The zero-order valence-electron chi connectivity index (χ0n) is 11.1. The lowest BCUT2D eigenvalue weighted by atomic mass is 9.86. The Morgan fingerprint density at radius 2 is 2.11 bits per heavy atom. The molecule has 18 heavy (non-hydrogen) atoms. The van der Waals surface area contributed by atoms with Crippen LogP contribution in [-0.2, 0) is 12.8 Å². The lowest BCUT2D eigenvalue weighted by Crippen LogP contribution is -2.28. The molecule has 1 atom stereocenters. The lowest BCUT2D eigenvalue weighted by molar-refractivity contribution is 0.0722. The van der Waals surface area contributed by atoms with Crippen LogP contribution in [0, 0.1) is 19.3 Å². The van der Waals surface area contributed by atoms with E-state index in [1.807, 2.05) is 13.8 Å². The monoisotopic (exact) mass is 266 g/mol. The Labute approximate surface area is 113 Å². The van der Waals surface area contributed by atoms with Crippen LogP contribution in [0.4, 0.5) is 0 Å². The van der Waals surface area contributed by atoms with Crippen LogP contribution < -0.4 is 0 Å². The zero-order chi connectivity index (χ0) is 13.5. The molecule has 0 fully saturated rings. The number of ketones is 1. The third kappa shape index (κ3) is 1.88. The number of alkyl halides is 1. The Bertz CT molecular complexity index is 508. The second-order valence-electron chi connectivity index (χ2n) is 5.49. The summed E-state index contributed by atoms with van der Waals surface area (Å²) in [6.45, 7) is 5.80. The standard InChI is InChI=1S/C15H19ClO2/c1-9-6-11-7-15(3,8-17)14(18)13(11)10(2)12(9)4-5-16/h6,17H,4-5,7-8H2,1-3H3. The fourth-order valence-corrected chi connectivity index (χ4v) is 3.16. The Kier molecular flexibility index (Phi) is 3.52. The van der Waals surface area contributed by atoms with Gasteiger partial charge in [0.15, 0.2) is 5.78 Å². The highest BCUT2D eigenvalue weighted by molar-refractivity contribution is 6.18. The van der Waals surface area contributed by atoms with Crippen molar-refractivity contribution in [3.63, 3.8) is 0 Å². The van der Waals surface area contributed by atoms with Gasteiger partial charge >= 0.3 is 0 Å². The minimum absolute atomic E-state index is 0.0772. The molecule has 0 heterocycles. The lowest BCUT2D eigenvalue weighted by Gasteiger charge is -2.17. The molecule has 1 aromatic rings. The summed E-state index contributed by atoms with van der Waals surface area (Å²) >= 11 is 5.83. The van der Waals surface area contributed by atoms with E-state index >= 15 is 0 Å². The molecule has 1 aliphatic carbocycles. The van der Waals surface area contributed by atoms with Crippen molar-refractivity contribution in [3.05, 3.63) is 33.9 Å². The first-order valence-electron chi connectivity index (χ1n) is 6.28. The highest BCUT2D eigenvalue weighted by Gasteiger charge is 2.42. The van der Waals surface area contributed by atoms with Crippen LogP contribution >= 0.6 is 11.6 Å². The van der Waals surface area contributed by atoms with Gasteiger partial charge in [0.2, 0.25) is 0 Å². The fraction of sp³-hybridized carbons (Fsp3) is 0.533. The number of aliphatic hydroxyl groups is 1. The second kappa shape index (κ2) is 4.67. The van der Waals surface area contributed by atoms with Gasteiger partial charge in [0.05, 0.1) is 12.0 Å². The van der Waals surface area contributed by atoms with Crippen molar-refractivity contribution in [1.29, 1.82) is 0 Å². The molecule has 2 rings (SSSR count). The molecule has 0 aromatic heterocycles. The number of halogens is 1. The van der Waals surface area contributed by atoms with Gasteiger partial charge < -0.3 is 5.11 Å². The van der Waals surface area contributed by atoms with E-state index in [1.54, 1.807) is 0 Å². The van der Waals surface area contributed by atoms with Gasteiger partial charge in [-0.3, -0.25) is 4.79 Å². The van der Waals surface area contributed by atoms with E-state index < -0.39 is 5.41 Å². The maximum Gasteiger partial charge on any atom is 0.171 e. The SMILES string of the molecule is Cc1cc2c(c(C)c1CCCl)C(=O)C(C)(CO)C2. The minimum atomic E-state index is -0.640. The summed E-state index contributed by atoms with van der Waals surface area (Å²) in [6.07, 6.45) is 1.43. The second-order valence-corrected chi connectivity index (χ2v) is 5.87. The number of carbonyl (C=O) groups is 1. The number of rotatable bonds is 3. The van der Waals surface area contributed by atoms with E-state index in [4.69, 9.17) is 11.6 Å². The molecular formula is C15H19ClO2. The van der Waals surface area contributed by atoms with Crippen LogP contribution in [0.15, 0.2) is 6.07 Å². The molecule has 0 amide bonds. The summed E-state index contributed by atoms with van der Waals surface area (Å²) < 4.78 is 0. The Hall–Kier alpha value is -0.860. The number of fused-ring (bicyclic) bond motifs is 1. The van der Waals surface area contributed by atoms with E-state index in [9.17, 15) is 9.90 Å². The first kappa shape index (κ1) is 13.6. The number of hydrogen-bond acceptors (Lipinski definition) is 2. The van der Waals surface area contributed by atoms with Crippen molar-refractivity contribution < 1.29 is 9.90 Å². The van der Waals surface area contributed by atoms with E-state index in [0.717, 1.165) is 23.1 Å². The van der Waals surface area contributed by atoms with E-state index in [1.165, 1.54) is 11.1 Å². The average Bonchev–Trinajstić information content (AvgIpc) is 2.58. The van der Waals surface area contributed by atoms with Crippen molar-refractivity contribution in [1.82, 2.24) is 0 Å². The largest absolute Gasteiger partial charge is 0.395 e. The summed E-state index contributed by atoms with van der Waals surface area (Å²) in [5.41, 5.74) is 4.68. The van der Waals surface area contributed by atoms with Gasteiger partial charge in [0.25, 0.3) is 0 Å². The molecule has 0 radical (unpaired) electrons. The van der Waals surface area contributed by atoms with Gasteiger partial charge in [-0.05, 0) is 55.9 Å². The molecule has 0 saturated heterocycles. The molecule has 2 nitrogen and oxygen atoms in total. The van der Waals surface area contributed by atoms with Crippen LogP contribution in [0.25, 0.3) is 0 Å². The Morgan fingerprint density at radius 1 is 1.44 bits per heavy atom. The van der Waals surface area contributed by atoms with Crippen LogP contribution in [-0.4, -0.2) is 23.4 Å². The normalized spacial score (nSPS) is 22.4. The smallest absolute Gasteiger partial charge is 0.171 e. The molecule has 1 aliphatic rings. The third-order valence-electron chi connectivity index (χ3n) is 4.06. The van der Waals surface area contributed by atoms with Crippen LogP contribution in [0.2, 0.25) is 0 Å². The highest BCUT2D eigenvalue weighted by atomic mass is 35.5. The third-order valence-corrected chi connectivity index (χ3v) is 4.25. The van der Waals surface area contributed by atoms with Crippen LogP contribution in [0.5, 0.6) is 0 Å². The summed E-state index contributed by atoms with van der Waals surface area (Å²) in [5, 5.41) is 9.46. The van der Waals surface area contributed by atoms with Crippen LogP contribution in [0.1, 0.15) is 39.5 Å². The highest BCUT2D eigenvalue weighted by Crippen LogP contribution is 2.39. The number of aliphatic hydroxyl groups excluding tert-OH is 1. The molecule has 1 aromatic carbocycles. The van der Waals surface area contributed by atoms with E-state index in [-0.39, 0.29) is 12.4 Å². The van der Waals surface area contributed by atoms with Gasteiger partial charge in [-0.25, -0.2) is 0 Å². The van der Waals surface area contributed by atoms with Gasteiger partial charge in [0.1, 0.15) is 0 Å². The van der Waals surface area contributed by atoms with Crippen molar-refractivity contribution in [2.45, 2.75) is 33.6 Å². The molecule has 1 N–H and O–H groups in total. The van der Waals surface area contributed by atoms with Crippen molar-refractivity contribution >= 4 is 17.4 Å². The number of hydrogen-bond donors (Lipinski definition) is 1. The molecule has 0 aliphatic heterocycles. The topological polar surface area (TPSA) is 37.3 Å². The van der Waals surface area contributed by atoms with Gasteiger partial charge in [-0.15, -0.1) is 11.6 Å². The van der Waals surface area contributed by atoms with Crippen LogP contribution in [0.3, 0.4) is 0 Å². The Balaban J connectivity index is 2.59. The first-order valence-corrected chi connectivity index (χ1v) is 6.81. The average molecular weight is 267 g/mol. The number of benzene rings is 1. The Morgan fingerprint density at radius 3 is 2.67 bits per heavy atom. The van der Waals surface area contributed by atoms with Gasteiger partial charge in [0, 0.05) is 11.4 Å².